The summed E-state index contributed by atoms with van der Waals surface area (Å²) in [4.78, 5) is 24.6. The van der Waals surface area contributed by atoms with Crippen molar-refractivity contribution in [2.45, 2.75) is 40.2 Å². The van der Waals surface area contributed by atoms with Gasteiger partial charge in [0.05, 0.1) is 5.92 Å². The molecule has 18 heavy (non-hydrogen) atoms. The van der Waals surface area contributed by atoms with Crippen LogP contribution in [0.1, 0.15) is 34.6 Å². The molecule has 2 atom stereocenters. The van der Waals surface area contributed by atoms with E-state index in [1.165, 1.54) is 4.90 Å². The normalized spacial score (nSPS) is 24.4. The Hall–Kier alpha value is -1.26. The molecule has 5 nitrogen and oxygen atoms in total. The number of carboxylic acids is 1. The van der Waals surface area contributed by atoms with Crippen LogP contribution in [0.5, 0.6) is 0 Å². The van der Waals surface area contributed by atoms with E-state index in [1.54, 1.807) is 20.8 Å². The molecule has 1 aliphatic heterocycles. The van der Waals surface area contributed by atoms with Crippen LogP contribution in [0, 0.1) is 17.8 Å². The molecule has 1 aliphatic rings. The van der Waals surface area contributed by atoms with E-state index in [4.69, 9.17) is 4.74 Å². The fourth-order valence-corrected chi connectivity index (χ4v) is 2.24. The van der Waals surface area contributed by atoms with Gasteiger partial charge >= 0.3 is 12.1 Å². The summed E-state index contributed by atoms with van der Waals surface area (Å²) in [6, 6.07) is 0. The van der Waals surface area contributed by atoms with Gasteiger partial charge in [-0.3, -0.25) is 4.79 Å². The summed E-state index contributed by atoms with van der Waals surface area (Å²) in [5.41, 5.74) is -0.550. The van der Waals surface area contributed by atoms with Crippen LogP contribution < -0.4 is 0 Å². The van der Waals surface area contributed by atoms with Gasteiger partial charge in [-0.05, 0) is 32.6 Å². The van der Waals surface area contributed by atoms with Gasteiger partial charge in [-0.15, -0.1) is 0 Å². The standard InChI is InChI=1S/C13H23NO4/c1-8(2)9-6-14(7-10(9)11(15)16)12(17)18-13(3,4)5/h8-10H,6-7H2,1-5H3,(H,15,16)/t9?,10-/m1/s1. The summed E-state index contributed by atoms with van der Waals surface area (Å²) in [6.45, 7) is 10.1. The molecule has 1 N–H and O–H groups in total. The maximum atomic E-state index is 11.9. The summed E-state index contributed by atoms with van der Waals surface area (Å²) in [5.74, 6) is -1.09. The molecule has 1 unspecified atom stereocenters. The minimum Gasteiger partial charge on any atom is -0.481 e. The molecule has 5 heteroatoms. The number of rotatable bonds is 2. The zero-order chi connectivity index (χ0) is 14.1. The third-order valence-corrected chi connectivity index (χ3v) is 3.19. The van der Waals surface area contributed by atoms with Crippen LogP contribution in [0.15, 0.2) is 0 Å². The number of amides is 1. The first-order chi connectivity index (χ1) is 8.11. The molecule has 0 saturated carbocycles. The molecule has 0 aliphatic carbocycles. The first-order valence-corrected chi connectivity index (χ1v) is 6.32. The van der Waals surface area contributed by atoms with E-state index in [0.29, 0.717) is 6.54 Å². The Morgan fingerprint density at radius 1 is 1.28 bits per heavy atom. The first-order valence-electron chi connectivity index (χ1n) is 6.32. The number of hydrogen-bond donors (Lipinski definition) is 1. The first kappa shape index (κ1) is 14.8. The molecule has 0 aromatic rings. The summed E-state index contributed by atoms with van der Waals surface area (Å²) in [6.07, 6.45) is -0.420. The summed E-state index contributed by atoms with van der Waals surface area (Å²) in [5, 5.41) is 9.19. The molecular formula is C13H23NO4. The van der Waals surface area contributed by atoms with Crippen LogP contribution >= 0.6 is 0 Å². The lowest BCUT2D eigenvalue weighted by Gasteiger charge is -2.24. The second-order valence-electron chi connectivity index (χ2n) is 6.24. The van der Waals surface area contributed by atoms with Crippen LogP contribution in [0.4, 0.5) is 4.79 Å². The number of carbonyl (C=O) groups excluding carboxylic acids is 1. The molecule has 1 fully saturated rings. The summed E-state index contributed by atoms with van der Waals surface area (Å²) in [7, 11) is 0. The number of likely N-dealkylation sites (tertiary alicyclic amines) is 1. The molecule has 0 aromatic heterocycles. The largest absolute Gasteiger partial charge is 0.481 e. The molecule has 1 heterocycles. The van der Waals surface area contributed by atoms with Gasteiger partial charge in [-0.1, -0.05) is 13.8 Å². The van der Waals surface area contributed by atoms with Gasteiger partial charge in [-0.2, -0.15) is 0 Å². The highest BCUT2D eigenvalue weighted by Crippen LogP contribution is 2.30. The highest BCUT2D eigenvalue weighted by atomic mass is 16.6. The van der Waals surface area contributed by atoms with Crippen molar-refractivity contribution in [2.24, 2.45) is 17.8 Å². The van der Waals surface area contributed by atoms with Crippen molar-refractivity contribution in [3.05, 3.63) is 0 Å². The average molecular weight is 257 g/mol. The smallest absolute Gasteiger partial charge is 0.410 e. The number of aliphatic carboxylic acids is 1. The average Bonchev–Trinajstić information content (AvgIpc) is 2.58. The third kappa shape index (κ3) is 3.62. The van der Waals surface area contributed by atoms with Crippen molar-refractivity contribution in [1.29, 1.82) is 0 Å². The Morgan fingerprint density at radius 2 is 1.83 bits per heavy atom. The van der Waals surface area contributed by atoms with E-state index in [-0.39, 0.29) is 18.4 Å². The second kappa shape index (κ2) is 5.16. The molecule has 0 radical (unpaired) electrons. The van der Waals surface area contributed by atoms with Gasteiger partial charge in [0, 0.05) is 13.1 Å². The Balaban J connectivity index is 2.72. The van der Waals surface area contributed by atoms with E-state index in [2.05, 4.69) is 0 Å². The molecule has 0 aromatic carbocycles. The van der Waals surface area contributed by atoms with Crippen LogP contribution in [0.25, 0.3) is 0 Å². The van der Waals surface area contributed by atoms with Crippen molar-refractivity contribution in [1.82, 2.24) is 4.90 Å². The SMILES string of the molecule is CC(C)C1CN(C(=O)OC(C)(C)C)C[C@H]1C(=O)O. The number of nitrogens with zero attached hydrogens (tertiary/aromatic N) is 1. The number of hydrogen-bond acceptors (Lipinski definition) is 3. The van der Waals surface area contributed by atoms with E-state index < -0.39 is 23.6 Å². The topological polar surface area (TPSA) is 66.8 Å². The monoisotopic (exact) mass is 257 g/mol. The Bertz CT molecular complexity index is 332. The van der Waals surface area contributed by atoms with E-state index in [9.17, 15) is 14.7 Å². The molecule has 1 rings (SSSR count). The predicted molar refractivity (Wildman–Crippen MR) is 67.3 cm³/mol. The lowest BCUT2D eigenvalue weighted by atomic mass is 9.86. The molecule has 0 spiro atoms. The Labute approximate surface area is 108 Å². The molecule has 1 saturated heterocycles. The minimum absolute atomic E-state index is 0.00461. The minimum atomic E-state index is -0.834. The molecular weight excluding hydrogens is 234 g/mol. The van der Waals surface area contributed by atoms with Crippen molar-refractivity contribution in [2.75, 3.05) is 13.1 Å². The summed E-state index contributed by atoms with van der Waals surface area (Å²) < 4.78 is 5.27. The molecule has 0 bridgehead atoms. The highest BCUT2D eigenvalue weighted by molar-refractivity contribution is 5.74. The van der Waals surface area contributed by atoms with Crippen LogP contribution in [0.3, 0.4) is 0 Å². The lowest BCUT2D eigenvalue weighted by molar-refractivity contribution is -0.142. The fourth-order valence-electron chi connectivity index (χ4n) is 2.24. The van der Waals surface area contributed by atoms with Gasteiger partial charge in [0.2, 0.25) is 0 Å². The van der Waals surface area contributed by atoms with Gasteiger partial charge in [0.25, 0.3) is 0 Å². The molecule has 1 amide bonds. The number of carbonyl (C=O) groups is 2. The van der Waals surface area contributed by atoms with Crippen LogP contribution in [-0.4, -0.2) is 40.8 Å². The number of ether oxygens (including phenoxy) is 1. The van der Waals surface area contributed by atoms with Crippen LogP contribution in [0.2, 0.25) is 0 Å². The Morgan fingerprint density at radius 3 is 2.17 bits per heavy atom. The van der Waals surface area contributed by atoms with Crippen molar-refractivity contribution >= 4 is 12.1 Å². The fraction of sp³-hybridized carbons (Fsp3) is 0.846. The maximum absolute atomic E-state index is 11.9. The van der Waals surface area contributed by atoms with E-state index >= 15 is 0 Å². The van der Waals surface area contributed by atoms with Gasteiger partial charge in [0.1, 0.15) is 5.60 Å². The zero-order valence-corrected chi connectivity index (χ0v) is 11.8. The highest BCUT2D eigenvalue weighted by Gasteiger charge is 2.42. The number of carboxylic acid groups (broad SMARTS) is 1. The third-order valence-electron chi connectivity index (χ3n) is 3.19. The quantitative estimate of drug-likeness (QED) is 0.823. The summed E-state index contributed by atoms with van der Waals surface area (Å²) >= 11 is 0. The zero-order valence-electron chi connectivity index (χ0n) is 11.8. The van der Waals surface area contributed by atoms with Crippen molar-refractivity contribution in [3.8, 4) is 0 Å². The van der Waals surface area contributed by atoms with Crippen molar-refractivity contribution in [3.63, 3.8) is 0 Å². The van der Waals surface area contributed by atoms with E-state index in [0.717, 1.165) is 0 Å². The maximum Gasteiger partial charge on any atom is 0.410 e. The van der Waals surface area contributed by atoms with Crippen LogP contribution in [-0.2, 0) is 9.53 Å². The van der Waals surface area contributed by atoms with E-state index in [1.807, 2.05) is 13.8 Å². The van der Waals surface area contributed by atoms with Gasteiger partial charge < -0.3 is 14.7 Å². The van der Waals surface area contributed by atoms with Crippen molar-refractivity contribution < 1.29 is 19.4 Å². The Kier molecular flexibility index (Phi) is 4.24. The molecule has 104 valence electrons. The predicted octanol–water partition coefficient (Wildman–Crippen LogP) is 2.21. The lowest BCUT2D eigenvalue weighted by Crippen LogP contribution is -2.36. The van der Waals surface area contributed by atoms with Gasteiger partial charge in [0.15, 0.2) is 0 Å². The van der Waals surface area contributed by atoms with Gasteiger partial charge in [-0.25, -0.2) is 4.79 Å². The second-order valence-corrected chi connectivity index (χ2v) is 6.24.